The van der Waals surface area contributed by atoms with Crippen molar-refractivity contribution in [2.45, 2.75) is 51.1 Å². The lowest BCUT2D eigenvalue weighted by molar-refractivity contribution is -0.134. The molecule has 1 aromatic heterocycles. The third kappa shape index (κ3) is 5.04. The molecule has 0 atom stereocenters. The van der Waals surface area contributed by atoms with Crippen molar-refractivity contribution in [2.24, 2.45) is 0 Å². The van der Waals surface area contributed by atoms with Crippen LogP contribution in [0.25, 0.3) is 11.4 Å². The lowest BCUT2D eigenvalue weighted by Crippen LogP contribution is -2.41. The summed E-state index contributed by atoms with van der Waals surface area (Å²) in [6.07, 6.45) is 5.98. The van der Waals surface area contributed by atoms with Crippen LogP contribution >= 0.6 is 11.6 Å². The number of carbonyl (C=O) groups excluding carboxylic acids is 1. The highest BCUT2D eigenvalue weighted by atomic mass is 35.5. The predicted octanol–water partition coefficient (Wildman–Crippen LogP) is 5.29. The minimum atomic E-state index is 0.106. The van der Waals surface area contributed by atoms with E-state index in [1.54, 1.807) is 12.1 Å². The first-order chi connectivity index (χ1) is 14.2. The Kier molecular flexibility index (Phi) is 6.25. The molecule has 0 unspecified atom stereocenters. The molecule has 3 aromatic rings. The minimum absolute atomic E-state index is 0.106. The summed E-state index contributed by atoms with van der Waals surface area (Å²) in [5.41, 5.74) is 1.86. The van der Waals surface area contributed by atoms with Crippen LogP contribution in [0.3, 0.4) is 0 Å². The van der Waals surface area contributed by atoms with Crippen LogP contribution in [0, 0.1) is 0 Å². The highest BCUT2D eigenvalue weighted by Crippen LogP contribution is 2.25. The zero-order valence-corrected chi connectivity index (χ0v) is 17.0. The molecular formula is C23H24ClN3O2. The van der Waals surface area contributed by atoms with E-state index in [2.05, 4.69) is 10.1 Å². The van der Waals surface area contributed by atoms with Gasteiger partial charge in [0.2, 0.25) is 17.6 Å². The summed E-state index contributed by atoms with van der Waals surface area (Å²) < 4.78 is 5.48. The number of aromatic nitrogens is 2. The van der Waals surface area contributed by atoms with E-state index in [-0.39, 0.29) is 11.9 Å². The highest BCUT2D eigenvalue weighted by molar-refractivity contribution is 6.30. The third-order valence-electron chi connectivity index (χ3n) is 5.41. The molecule has 0 spiro atoms. The smallest absolute Gasteiger partial charge is 0.246 e. The van der Waals surface area contributed by atoms with Crippen molar-refractivity contribution in [2.75, 3.05) is 0 Å². The number of nitrogens with zero attached hydrogens (tertiary/aromatic N) is 3. The SMILES string of the molecule is O=C(Cc1ccccc1)N(Cc1nc(-c2ccc(Cl)cc2)no1)C1CCCCC1. The molecule has 29 heavy (non-hydrogen) atoms. The Balaban J connectivity index is 1.52. The van der Waals surface area contributed by atoms with Crippen molar-refractivity contribution in [3.63, 3.8) is 0 Å². The summed E-state index contributed by atoms with van der Waals surface area (Å²) >= 11 is 5.95. The van der Waals surface area contributed by atoms with Crippen molar-refractivity contribution in [1.29, 1.82) is 0 Å². The second kappa shape index (κ2) is 9.23. The molecule has 6 heteroatoms. The fraction of sp³-hybridized carbons (Fsp3) is 0.348. The van der Waals surface area contributed by atoms with Crippen LogP contribution in [-0.4, -0.2) is 27.0 Å². The number of amides is 1. The Morgan fingerprint density at radius 1 is 1.03 bits per heavy atom. The first kappa shape index (κ1) is 19.6. The first-order valence-corrected chi connectivity index (χ1v) is 10.5. The Bertz CT molecular complexity index is 934. The average Bonchev–Trinajstić information content (AvgIpc) is 3.22. The molecule has 0 aliphatic heterocycles. The van der Waals surface area contributed by atoms with Crippen LogP contribution in [0.2, 0.25) is 5.02 Å². The summed E-state index contributed by atoms with van der Waals surface area (Å²) in [4.78, 5) is 19.6. The quantitative estimate of drug-likeness (QED) is 0.554. The van der Waals surface area contributed by atoms with Gasteiger partial charge in [-0.3, -0.25) is 4.79 Å². The van der Waals surface area contributed by atoms with Gasteiger partial charge in [0.05, 0.1) is 6.42 Å². The molecule has 150 valence electrons. The van der Waals surface area contributed by atoms with Gasteiger partial charge < -0.3 is 9.42 Å². The third-order valence-corrected chi connectivity index (χ3v) is 5.66. The van der Waals surface area contributed by atoms with Crippen LogP contribution in [0.1, 0.15) is 43.6 Å². The summed E-state index contributed by atoms with van der Waals surface area (Å²) in [6, 6.07) is 17.4. The Morgan fingerprint density at radius 2 is 1.76 bits per heavy atom. The van der Waals surface area contributed by atoms with Crippen LogP contribution < -0.4 is 0 Å². The minimum Gasteiger partial charge on any atom is -0.337 e. The molecule has 1 saturated carbocycles. The summed E-state index contributed by atoms with van der Waals surface area (Å²) in [5, 5.41) is 4.75. The largest absolute Gasteiger partial charge is 0.337 e. The molecule has 1 fully saturated rings. The van der Waals surface area contributed by atoms with Crippen molar-refractivity contribution in [3.05, 3.63) is 71.1 Å². The lowest BCUT2D eigenvalue weighted by Gasteiger charge is -2.33. The second-order valence-electron chi connectivity index (χ2n) is 7.49. The van der Waals surface area contributed by atoms with Gasteiger partial charge in [0.15, 0.2) is 0 Å². The standard InChI is InChI=1S/C23H24ClN3O2/c24-19-13-11-18(12-14-19)23-25-21(29-26-23)16-27(20-9-5-2-6-10-20)22(28)15-17-7-3-1-4-8-17/h1,3-4,7-8,11-14,20H,2,5-6,9-10,15-16H2. The van der Waals surface area contributed by atoms with Crippen molar-refractivity contribution >= 4 is 17.5 Å². The van der Waals surface area contributed by atoms with E-state index in [4.69, 9.17) is 16.1 Å². The van der Waals surface area contributed by atoms with E-state index < -0.39 is 0 Å². The maximum Gasteiger partial charge on any atom is 0.246 e. The fourth-order valence-corrected chi connectivity index (χ4v) is 3.99. The molecular weight excluding hydrogens is 386 g/mol. The maximum absolute atomic E-state index is 13.2. The van der Waals surface area contributed by atoms with Crippen LogP contribution in [0.15, 0.2) is 59.1 Å². The van der Waals surface area contributed by atoms with E-state index in [1.807, 2.05) is 47.4 Å². The van der Waals surface area contributed by atoms with E-state index in [1.165, 1.54) is 6.42 Å². The summed E-state index contributed by atoms with van der Waals surface area (Å²) in [5.74, 6) is 1.08. The zero-order valence-electron chi connectivity index (χ0n) is 16.3. The fourth-order valence-electron chi connectivity index (χ4n) is 3.87. The van der Waals surface area contributed by atoms with Gasteiger partial charge in [-0.2, -0.15) is 4.98 Å². The predicted molar refractivity (Wildman–Crippen MR) is 112 cm³/mol. The van der Waals surface area contributed by atoms with Gasteiger partial charge in [-0.25, -0.2) is 0 Å². The molecule has 5 nitrogen and oxygen atoms in total. The van der Waals surface area contributed by atoms with Crippen LogP contribution in [-0.2, 0) is 17.8 Å². The molecule has 1 aliphatic carbocycles. The van der Waals surface area contributed by atoms with Crippen molar-refractivity contribution in [1.82, 2.24) is 15.0 Å². The lowest BCUT2D eigenvalue weighted by atomic mass is 9.93. The van der Waals surface area contributed by atoms with E-state index >= 15 is 0 Å². The van der Waals surface area contributed by atoms with Gasteiger partial charge in [-0.1, -0.05) is 66.4 Å². The topological polar surface area (TPSA) is 59.2 Å². The Morgan fingerprint density at radius 3 is 2.48 bits per heavy atom. The van der Waals surface area contributed by atoms with Gasteiger partial charge in [0.25, 0.3) is 0 Å². The molecule has 1 amide bonds. The molecule has 0 radical (unpaired) electrons. The molecule has 4 rings (SSSR count). The highest BCUT2D eigenvalue weighted by Gasteiger charge is 2.27. The number of hydrogen-bond donors (Lipinski definition) is 0. The van der Waals surface area contributed by atoms with Crippen LogP contribution in [0.4, 0.5) is 0 Å². The zero-order chi connectivity index (χ0) is 20.1. The number of hydrogen-bond acceptors (Lipinski definition) is 4. The van der Waals surface area contributed by atoms with E-state index in [9.17, 15) is 4.79 Å². The maximum atomic E-state index is 13.2. The molecule has 1 heterocycles. The molecule has 0 N–H and O–H groups in total. The number of halogens is 1. The van der Waals surface area contributed by atoms with E-state index in [0.29, 0.717) is 29.7 Å². The van der Waals surface area contributed by atoms with Gasteiger partial charge in [0.1, 0.15) is 6.54 Å². The molecule has 1 aliphatic rings. The van der Waals surface area contributed by atoms with Crippen molar-refractivity contribution < 1.29 is 9.32 Å². The van der Waals surface area contributed by atoms with Gasteiger partial charge in [-0.15, -0.1) is 0 Å². The van der Waals surface area contributed by atoms with Gasteiger partial charge in [-0.05, 0) is 42.7 Å². The number of benzene rings is 2. The first-order valence-electron chi connectivity index (χ1n) is 10.1. The van der Waals surface area contributed by atoms with E-state index in [0.717, 1.165) is 36.8 Å². The number of rotatable bonds is 6. The summed E-state index contributed by atoms with van der Waals surface area (Å²) in [6.45, 7) is 0.344. The monoisotopic (exact) mass is 409 g/mol. The summed E-state index contributed by atoms with van der Waals surface area (Å²) in [7, 11) is 0. The van der Waals surface area contributed by atoms with Gasteiger partial charge >= 0.3 is 0 Å². The molecule has 0 saturated heterocycles. The van der Waals surface area contributed by atoms with Crippen LogP contribution in [0.5, 0.6) is 0 Å². The van der Waals surface area contributed by atoms with Gasteiger partial charge in [0, 0.05) is 16.6 Å². The normalized spacial score (nSPS) is 14.7. The Hall–Kier alpha value is -2.66. The Labute approximate surface area is 175 Å². The average molecular weight is 410 g/mol. The molecule has 2 aromatic carbocycles. The van der Waals surface area contributed by atoms with Crippen molar-refractivity contribution in [3.8, 4) is 11.4 Å². The molecule has 0 bridgehead atoms. The number of carbonyl (C=O) groups is 1. The second-order valence-corrected chi connectivity index (χ2v) is 7.93.